The summed E-state index contributed by atoms with van der Waals surface area (Å²) in [5.74, 6) is 0.0791. The molecule has 1 aromatic rings. The highest BCUT2D eigenvalue weighted by Crippen LogP contribution is 2.13. The topological polar surface area (TPSA) is 44.4 Å². The first-order valence-electron chi connectivity index (χ1n) is 6.98. The third-order valence-corrected chi connectivity index (χ3v) is 3.36. The van der Waals surface area contributed by atoms with E-state index in [1.54, 1.807) is 0 Å². The second kappa shape index (κ2) is 6.68. The number of carbonyl (C=O) groups is 1. The molecule has 1 aliphatic heterocycles. The summed E-state index contributed by atoms with van der Waals surface area (Å²) in [4.78, 5) is 14.0. The maximum Gasteiger partial charge on any atom is 0.226 e. The highest BCUT2D eigenvalue weighted by molar-refractivity contribution is 5.91. The van der Waals surface area contributed by atoms with E-state index in [-0.39, 0.29) is 11.8 Å². The summed E-state index contributed by atoms with van der Waals surface area (Å²) in [5, 5.41) is 6.26. The number of hydrogen-bond acceptors (Lipinski definition) is 3. The predicted octanol–water partition coefficient (Wildman–Crippen LogP) is 1.69. The average Bonchev–Trinajstić information content (AvgIpc) is 2.42. The van der Waals surface area contributed by atoms with Crippen LogP contribution in [0.15, 0.2) is 24.3 Å². The molecule has 1 aliphatic rings. The van der Waals surface area contributed by atoms with E-state index in [1.165, 1.54) is 5.56 Å². The van der Waals surface area contributed by atoms with Crippen LogP contribution in [0.5, 0.6) is 0 Å². The average molecular weight is 261 g/mol. The Morgan fingerprint density at radius 2 is 1.89 bits per heavy atom. The van der Waals surface area contributed by atoms with Crippen LogP contribution in [0.3, 0.4) is 0 Å². The van der Waals surface area contributed by atoms with Crippen molar-refractivity contribution in [3.63, 3.8) is 0 Å². The summed E-state index contributed by atoms with van der Waals surface area (Å²) in [7, 11) is 0. The van der Waals surface area contributed by atoms with Gasteiger partial charge in [0, 0.05) is 44.3 Å². The van der Waals surface area contributed by atoms with Gasteiger partial charge in [0.2, 0.25) is 5.91 Å². The van der Waals surface area contributed by atoms with Crippen molar-refractivity contribution in [1.82, 2.24) is 10.2 Å². The molecule has 0 aromatic heterocycles. The lowest BCUT2D eigenvalue weighted by atomic mass is 10.1. The minimum absolute atomic E-state index is 0.0144. The van der Waals surface area contributed by atoms with Gasteiger partial charge >= 0.3 is 0 Å². The molecule has 1 fully saturated rings. The zero-order chi connectivity index (χ0) is 13.7. The molecule has 0 radical (unpaired) electrons. The molecule has 1 amide bonds. The summed E-state index contributed by atoms with van der Waals surface area (Å²) < 4.78 is 0. The molecule has 0 spiro atoms. The van der Waals surface area contributed by atoms with E-state index < -0.39 is 0 Å². The Kier molecular flexibility index (Phi) is 4.93. The maximum atomic E-state index is 11.6. The van der Waals surface area contributed by atoms with Crippen molar-refractivity contribution < 1.29 is 4.79 Å². The second-order valence-electron chi connectivity index (χ2n) is 5.37. The Balaban J connectivity index is 1.88. The van der Waals surface area contributed by atoms with Crippen molar-refractivity contribution in [1.29, 1.82) is 0 Å². The lowest BCUT2D eigenvalue weighted by Crippen LogP contribution is -2.42. The van der Waals surface area contributed by atoms with Crippen LogP contribution in [0.2, 0.25) is 0 Å². The number of amides is 1. The van der Waals surface area contributed by atoms with Crippen LogP contribution in [0.25, 0.3) is 0 Å². The molecular weight excluding hydrogens is 238 g/mol. The fourth-order valence-electron chi connectivity index (χ4n) is 2.11. The van der Waals surface area contributed by atoms with E-state index in [4.69, 9.17) is 0 Å². The molecule has 4 nitrogen and oxygen atoms in total. The predicted molar refractivity (Wildman–Crippen MR) is 78.1 cm³/mol. The zero-order valence-electron chi connectivity index (χ0n) is 11.8. The fraction of sp³-hybridized carbons (Fsp3) is 0.533. The number of benzene rings is 1. The molecule has 2 rings (SSSR count). The summed E-state index contributed by atoms with van der Waals surface area (Å²) in [6.45, 7) is 9.13. The molecule has 4 heteroatoms. The van der Waals surface area contributed by atoms with Gasteiger partial charge in [-0.25, -0.2) is 0 Å². The minimum atomic E-state index is 0.0144. The molecule has 0 atom stereocenters. The largest absolute Gasteiger partial charge is 0.326 e. The molecule has 104 valence electrons. The number of carbonyl (C=O) groups excluding carboxylic acids is 1. The molecule has 0 unspecified atom stereocenters. The number of piperazine rings is 1. The number of nitrogens with zero attached hydrogens (tertiary/aromatic N) is 1. The lowest BCUT2D eigenvalue weighted by molar-refractivity contribution is -0.118. The highest BCUT2D eigenvalue weighted by atomic mass is 16.1. The first-order valence-corrected chi connectivity index (χ1v) is 6.98. The first-order chi connectivity index (χ1) is 9.15. The van der Waals surface area contributed by atoms with Crippen LogP contribution in [-0.4, -0.2) is 37.0 Å². The Morgan fingerprint density at radius 3 is 2.47 bits per heavy atom. The van der Waals surface area contributed by atoms with Crippen LogP contribution in [-0.2, 0) is 11.3 Å². The second-order valence-corrected chi connectivity index (χ2v) is 5.37. The van der Waals surface area contributed by atoms with Gasteiger partial charge in [-0.3, -0.25) is 9.69 Å². The molecule has 0 aliphatic carbocycles. The maximum absolute atomic E-state index is 11.6. The van der Waals surface area contributed by atoms with E-state index in [0.29, 0.717) is 0 Å². The zero-order valence-corrected chi connectivity index (χ0v) is 11.8. The van der Waals surface area contributed by atoms with Gasteiger partial charge in [0.05, 0.1) is 0 Å². The van der Waals surface area contributed by atoms with Gasteiger partial charge in [-0.05, 0) is 17.7 Å². The molecule has 1 saturated heterocycles. The van der Waals surface area contributed by atoms with Gasteiger partial charge in [0.15, 0.2) is 0 Å². The Hall–Kier alpha value is -1.39. The van der Waals surface area contributed by atoms with E-state index in [0.717, 1.165) is 38.4 Å². The molecule has 1 aromatic carbocycles. The Labute approximate surface area is 115 Å². The summed E-state index contributed by atoms with van der Waals surface area (Å²) in [5.41, 5.74) is 2.17. The van der Waals surface area contributed by atoms with Crippen LogP contribution in [0.1, 0.15) is 19.4 Å². The molecule has 0 saturated carbocycles. The van der Waals surface area contributed by atoms with Crippen molar-refractivity contribution in [2.45, 2.75) is 20.4 Å². The van der Waals surface area contributed by atoms with Crippen molar-refractivity contribution in [2.24, 2.45) is 5.92 Å². The van der Waals surface area contributed by atoms with Crippen LogP contribution in [0, 0.1) is 5.92 Å². The van der Waals surface area contributed by atoms with Gasteiger partial charge < -0.3 is 10.6 Å². The highest BCUT2D eigenvalue weighted by Gasteiger charge is 2.10. The quantitative estimate of drug-likeness (QED) is 0.867. The Morgan fingerprint density at radius 1 is 1.26 bits per heavy atom. The number of rotatable bonds is 4. The molecule has 0 bridgehead atoms. The van der Waals surface area contributed by atoms with Crippen molar-refractivity contribution in [2.75, 3.05) is 31.5 Å². The number of nitrogens with one attached hydrogen (secondary N) is 2. The van der Waals surface area contributed by atoms with Gasteiger partial charge in [-0.2, -0.15) is 0 Å². The van der Waals surface area contributed by atoms with Gasteiger partial charge in [-0.1, -0.05) is 26.0 Å². The summed E-state index contributed by atoms with van der Waals surface area (Å²) in [6.07, 6.45) is 0. The van der Waals surface area contributed by atoms with Crippen molar-refractivity contribution in [3.05, 3.63) is 29.8 Å². The van der Waals surface area contributed by atoms with Gasteiger partial charge in [-0.15, -0.1) is 0 Å². The first kappa shape index (κ1) is 14.0. The molecule has 2 N–H and O–H groups in total. The van der Waals surface area contributed by atoms with E-state index >= 15 is 0 Å². The van der Waals surface area contributed by atoms with E-state index in [9.17, 15) is 4.79 Å². The smallest absolute Gasteiger partial charge is 0.226 e. The van der Waals surface area contributed by atoms with E-state index in [1.807, 2.05) is 26.0 Å². The van der Waals surface area contributed by atoms with Crippen LogP contribution < -0.4 is 10.6 Å². The van der Waals surface area contributed by atoms with E-state index in [2.05, 4.69) is 27.7 Å². The third-order valence-electron chi connectivity index (χ3n) is 3.36. The number of anilines is 1. The van der Waals surface area contributed by atoms with Crippen LogP contribution in [0.4, 0.5) is 5.69 Å². The van der Waals surface area contributed by atoms with Crippen LogP contribution >= 0.6 is 0 Å². The standard InChI is InChI=1S/C15H23N3O/c1-12(2)15(19)17-14-5-3-13(4-6-14)11-18-9-7-16-8-10-18/h3-6,12,16H,7-11H2,1-2H3,(H,17,19). The Bertz CT molecular complexity index is 408. The van der Waals surface area contributed by atoms with Gasteiger partial charge in [0.1, 0.15) is 0 Å². The molecular formula is C15H23N3O. The van der Waals surface area contributed by atoms with Crippen molar-refractivity contribution >= 4 is 11.6 Å². The summed E-state index contributed by atoms with van der Waals surface area (Å²) >= 11 is 0. The monoisotopic (exact) mass is 261 g/mol. The molecule has 1 heterocycles. The fourth-order valence-corrected chi connectivity index (χ4v) is 2.11. The number of hydrogen-bond donors (Lipinski definition) is 2. The lowest BCUT2D eigenvalue weighted by Gasteiger charge is -2.27. The third kappa shape index (κ3) is 4.33. The normalized spacial score (nSPS) is 16.6. The van der Waals surface area contributed by atoms with Gasteiger partial charge in [0.25, 0.3) is 0 Å². The van der Waals surface area contributed by atoms with Crippen molar-refractivity contribution in [3.8, 4) is 0 Å². The summed E-state index contributed by atoms with van der Waals surface area (Å²) in [6, 6.07) is 8.16. The molecule has 19 heavy (non-hydrogen) atoms. The SMILES string of the molecule is CC(C)C(=O)Nc1ccc(CN2CCNCC2)cc1. The minimum Gasteiger partial charge on any atom is -0.326 e.